The average Bonchev–Trinajstić information content (AvgIpc) is 2.57. The summed E-state index contributed by atoms with van der Waals surface area (Å²) in [4.78, 5) is 11.1. The molecule has 1 amide bonds. The molecule has 126 valence electrons. The van der Waals surface area contributed by atoms with Crippen molar-refractivity contribution in [2.45, 2.75) is 48.1 Å². The van der Waals surface area contributed by atoms with E-state index in [1.807, 2.05) is 66.0 Å². The highest BCUT2D eigenvalue weighted by molar-refractivity contribution is 8.01. The SMILES string of the molecule is C/C=C/C(=O)NCc1cccc(C)c1.C=CSC.CC.CC. The summed E-state index contributed by atoms with van der Waals surface area (Å²) in [6, 6.07) is 8.10. The van der Waals surface area contributed by atoms with Gasteiger partial charge in [-0.3, -0.25) is 4.79 Å². The fraction of sp³-hybridized carbons (Fsp3) is 0.421. The molecule has 2 nitrogen and oxygen atoms in total. The number of thioether (sulfide) groups is 1. The lowest BCUT2D eigenvalue weighted by atomic mass is 10.1. The van der Waals surface area contributed by atoms with Crippen LogP contribution in [0.25, 0.3) is 0 Å². The van der Waals surface area contributed by atoms with Crippen molar-refractivity contribution in [3.63, 3.8) is 0 Å². The van der Waals surface area contributed by atoms with E-state index in [1.165, 1.54) is 11.6 Å². The molecule has 0 saturated heterocycles. The van der Waals surface area contributed by atoms with E-state index in [4.69, 9.17) is 0 Å². The maximum Gasteiger partial charge on any atom is 0.243 e. The van der Waals surface area contributed by atoms with Crippen molar-refractivity contribution < 1.29 is 4.79 Å². The van der Waals surface area contributed by atoms with Crippen molar-refractivity contribution in [3.05, 3.63) is 59.5 Å². The van der Waals surface area contributed by atoms with Gasteiger partial charge in [0.15, 0.2) is 0 Å². The smallest absolute Gasteiger partial charge is 0.243 e. The van der Waals surface area contributed by atoms with Gasteiger partial charge in [0.2, 0.25) is 5.91 Å². The zero-order chi connectivity index (χ0) is 17.8. The molecule has 0 atom stereocenters. The number of amides is 1. The zero-order valence-corrected chi connectivity index (χ0v) is 16.1. The Morgan fingerprint density at radius 3 is 2.23 bits per heavy atom. The molecule has 1 rings (SSSR count). The minimum atomic E-state index is -0.0472. The first-order valence-electron chi connectivity index (χ1n) is 7.73. The highest BCUT2D eigenvalue weighted by atomic mass is 32.2. The van der Waals surface area contributed by atoms with Gasteiger partial charge in [0.05, 0.1) is 0 Å². The largest absolute Gasteiger partial charge is 0.348 e. The van der Waals surface area contributed by atoms with Crippen molar-refractivity contribution in [3.8, 4) is 0 Å². The molecular weight excluding hydrogens is 290 g/mol. The summed E-state index contributed by atoms with van der Waals surface area (Å²) < 4.78 is 0. The number of hydrogen-bond acceptors (Lipinski definition) is 2. The van der Waals surface area contributed by atoms with Gasteiger partial charge in [-0.25, -0.2) is 0 Å². The van der Waals surface area contributed by atoms with Crippen LogP contribution in [0, 0.1) is 6.92 Å². The van der Waals surface area contributed by atoms with Gasteiger partial charge in [0.1, 0.15) is 0 Å². The first-order chi connectivity index (χ1) is 10.6. The zero-order valence-electron chi connectivity index (χ0n) is 15.3. The maximum absolute atomic E-state index is 11.1. The fourth-order valence-corrected chi connectivity index (χ4v) is 1.22. The molecule has 0 unspecified atom stereocenters. The van der Waals surface area contributed by atoms with Gasteiger partial charge in [-0.15, -0.1) is 11.8 Å². The Kier molecular flexibility index (Phi) is 25.3. The quantitative estimate of drug-likeness (QED) is 0.717. The summed E-state index contributed by atoms with van der Waals surface area (Å²) in [5.74, 6) is -0.0472. The van der Waals surface area contributed by atoms with Gasteiger partial charge >= 0.3 is 0 Å². The standard InChI is InChI=1S/C12H15NO.C3H6S.2C2H6/c1-3-5-12(14)13-9-11-7-4-6-10(2)8-11;1-3-4-2;2*1-2/h3-8H,9H2,1-2H3,(H,13,14);3H,1H2,2H3;2*1-2H3/b5-3+;;;. The molecule has 22 heavy (non-hydrogen) atoms. The Hall–Kier alpha value is -1.48. The second-order valence-electron chi connectivity index (χ2n) is 3.61. The van der Waals surface area contributed by atoms with Gasteiger partial charge in [-0.2, -0.15) is 0 Å². The molecule has 0 heterocycles. The van der Waals surface area contributed by atoms with Crippen molar-refractivity contribution in [2.75, 3.05) is 6.26 Å². The topological polar surface area (TPSA) is 29.1 Å². The van der Waals surface area contributed by atoms with Crippen molar-refractivity contribution in [1.82, 2.24) is 5.32 Å². The number of rotatable bonds is 4. The minimum absolute atomic E-state index is 0.0472. The van der Waals surface area contributed by atoms with Gasteiger partial charge < -0.3 is 5.32 Å². The van der Waals surface area contributed by atoms with Crippen LogP contribution in [0.1, 0.15) is 45.7 Å². The number of allylic oxidation sites excluding steroid dienone is 1. The van der Waals surface area contributed by atoms with E-state index in [1.54, 1.807) is 23.2 Å². The molecule has 1 N–H and O–H groups in total. The number of benzene rings is 1. The summed E-state index contributed by atoms with van der Waals surface area (Å²) >= 11 is 1.62. The molecule has 3 heteroatoms. The van der Waals surface area contributed by atoms with Crippen LogP contribution in [-0.2, 0) is 11.3 Å². The molecule has 0 aliphatic carbocycles. The molecular formula is C19H33NOS. The molecule has 0 radical (unpaired) electrons. The van der Waals surface area contributed by atoms with Gasteiger partial charge in [0.25, 0.3) is 0 Å². The van der Waals surface area contributed by atoms with Gasteiger partial charge in [-0.1, -0.05) is 70.2 Å². The molecule has 0 saturated carbocycles. The maximum atomic E-state index is 11.1. The van der Waals surface area contributed by atoms with Gasteiger partial charge in [0, 0.05) is 6.54 Å². The lowest BCUT2D eigenvalue weighted by Crippen LogP contribution is -2.20. The van der Waals surface area contributed by atoms with Gasteiger partial charge in [-0.05, 0) is 37.2 Å². The highest BCUT2D eigenvalue weighted by Crippen LogP contribution is 2.02. The van der Waals surface area contributed by atoms with E-state index < -0.39 is 0 Å². The van der Waals surface area contributed by atoms with Crippen molar-refractivity contribution in [2.24, 2.45) is 0 Å². The van der Waals surface area contributed by atoms with Crippen LogP contribution in [0.5, 0.6) is 0 Å². The van der Waals surface area contributed by atoms with Crippen molar-refractivity contribution >= 4 is 17.7 Å². The highest BCUT2D eigenvalue weighted by Gasteiger charge is 1.95. The van der Waals surface area contributed by atoms with E-state index >= 15 is 0 Å². The number of carbonyl (C=O) groups is 1. The molecule has 1 aromatic rings. The second kappa shape index (κ2) is 21.8. The Labute approximate surface area is 142 Å². The summed E-state index contributed by atoms with van der Waals surface area (Å²) in [5.41, 5.74) is 2.34. The summed E-state index contributed by atoms with van der Waals surface area (Å²) in [7, 11) is 0. The predicted octanol–water partition coefficient (Wildman–Crippen LogP) is 5.73. The molecule has 0 aliphatic rings. The van der Waals surface area contributed by atoms with Crippen LogP contribution in [0.15, 0.2) is 48.4 Å². The van der Waals surface area contributed by atoms with E-state index in [2.05, 4.69) is 18.0 Å². The molecule has 0 bridgehead atoms. The fourth-order valence-electron chi connectivity index (χ4n) is 1.22. The lowest BCUT2D eigenvalue weighted by Gasteiger charge is -2.03. The first kappa shape index (κ1) is 25.5. The normalized spacial score (nSPS) is 8.32. The Balaban J connectivity index is -0.000000383. The predicted molar refractivity (Wildman–Crippen MR) is 104 cm³/mol. The third-order valence-corrected chi connectivity index (χ3v) is 2.37. The van der Waals surface area contributed by atoms with E-state index in [-0.39, 0.29) is 5.91 Å². The Morgan fingerprint density at radius 2 is 1.82 bits per heavy atom. The lowest BCUT2D eigenvalue weighted by molar-refractivity contribution is -0.116. The van der Waals surface area contributed by atoms with Crippen LogP contribution in [0.3, 0.4) is 0 Å². The molecule has 0 spiro atoms. The summed E-state index contributed by atoms with van der Waals surface area (Å²) in [6.45, 7) is 15.9. The number of aryl methyl sites for hydroxylation is 1. The summed E-state index contributed by atoms with van der Waals surface area (Å²) in [5, 5.41) is 4.59. The van der Waals surface area contributed by atoms with E-state index in [9.17, 15) is 4.79 Å². The van der Waals surface area contributed by atoms with Crippen LogP contribution in [0.4, 0.5) is 0 Å². The second-order valence-corrected chi connectivity index (χ2v) is 4.41. The van der Waals surface area contributed by atoms with Crippen LogP contribution in [-0.4, -0.2) is 12.2 Å². The minimum Gasteiger partial charge on any atom is -0.348 e. The summed E-state index contributed by atoms with van der Waals surface area (Å²) in [6.07, 6.45) is 5.23. The number of hydrogen-bond donors (Lipinski definition) is 1. The number of nitrogens with one attached hydrogen (secondary N) is 1. The monoisotopic (exact) mass is 323 g/mol. The van der Waals surface area contributed by atoms with E-state index in [0.717, 1.165) is 5.56 Å². The molecule has 1 aromatic carbocycles. The first-order valence-corrected chi connectivity index (χ1v) is 9.02. The van der Waals surface area contributed by atoms with Crippen LogP contribution >= 0.6 is 11.8 Å². The Bertz CT molecular complexity index is 400. The number of carbonyl (C=O) groups excluding carboxylic acids is 1. The Morgan fingerprint density at radius 1 is 1.27 bits per heavy atom. The van der Waals surface area contributed by atoms with E-state index in [0.29, 0.717) is 6.54 Å². The molecule has 0 aromatic heterocycles. The van der Waals surface area contributed by atoms with Crippen LogP contribution in [0.2, 0.25) is 0 Å². The van der Waals surface area contributed by atoms with Crippen molar-refractivity contribution in [1.29, 1.82) is 0 Å². The molecule has 0 aliphatic heterocycles. The van der Waals surface area contributed by atoms with Crippen LogP contribution < -0.4 is 5.32 Å². The average molecular weight is 324 g/mol. The third-order valence-electron chi connectivity index (χ3n) is 2.03. The molecule has 0 fully saturated rings. The third kappa shape index (κ3) is 18.5.